The standard InChI is InChI=1S/C20H27OSi2/c1-7-21-23(5,6)20-10-8-9-18(15-20)16(2)17-11-13-19(14-12-17)22(3)4/h8-15H,2,7H2,1,3-6H3. The maximum Gasteiger partial charge on any atom is 0.218 e. The van der Waals surface area contributed by atoms with Crippen LogP contribution in [0.3, 0.4) is 0 Å². The zero-order chi connectivity index (χ0) is 17.0. The van der Waals surface area contributed by atoms with Gasteiger partial charge < -0.3 is 4.43 Å². The lowest BCUT2D eigenvalue weighted by Crippen LogP contribution is -2.44. The van der Waals surface area contributed by atoms with E-state index in [1.165, 1.54) is 21.5 Å². The number of benzene rings is 2. The first-order chi connectivity index (χ1) is 10.8. The molecule has 0 saturated carbocycles. The van der Waals surface area contributed by atoms with Crippen molar-refractivity contribution in [3.05, 3.63) is 66.2 Å². The van der Waals surface area contributed by atoms with E-state index < -0.39 is 17.1 Å². The summed E-state index contributed by atoms with van der Waals surface area (Å²) in [4.78, 5) is 0. The van der Waals surface area contributed by atoms with Gasteiger partial charge in [-0.2, -0.15) is 0 Å². The Hall–Kier alpha value is -1.43. The molecule has 2 aromatic rings. The van der Waals surface area contributed by atoms with Crippen molar-refractivity contribution >= 4 is 33.1 Å². The highest BCUT2D eigenvalue weighted by Crippen LogP contribution is 2.21. The predicted molar refractivity (Wildman–Crippen MR) is 107 cm³/mol. The monoisotopic (exact) mass is 339 g/mol. The van der Waals surface area contributed by atoms with E-state index >= 15 is 0 Å². The summed E-state index contributed by atoms with van der Waals surface area (Å²) in [6.07, 6.45) is 0. The minimum atomic E-state index is -1.82. The third-order valence-electron chi connectivity index (χ3n) is 4.22. The minimum Gasteiger partial charge on any atom is -0.413 e. The Morgan fingerprint density at radius 3 is 2.26 bits per heavy atom. The molecule has 0 saturated heterocycles. The van der Waals surface area contributed by atoms with Crippen LogP contribution in [0.15, 0.2) is 55.1 Å². The molecular formula is C20H27OSi2. The van der Waals surface area contributed by atoms with Gasteiger partial charge in [-0.25, -0.2) is 0 Å². The number of hydrogen-bond donors (Lipinski definition) is 0. The molecule has 0 aliphatic heterocycles. The highest BCUT2D eigenvalue weighted by molar-refractivity contribution is 6.84. The molecule has 3 heteroatoms. The van der Waals surface area contributed by atoms with Gasteiger partial charge in [0.05, 0.1) is 8.80 Å². The predicted octanol–water partition coefficient (Wildman–Crippen LogP) is 4.16. The van der Waals surface area contributed by atoms with Crippen LogP contribution < -0.4 is 10.4 Å². The van der Waals surface area contributed by atoms with Gasteiger partial charge in [-0.1, -0.05) is 73.4 Å². The average Bonchev–Trinajstić information content (AvgIpc) is 2.54. The molecule has 1 radical (unpaired) electrons. The summed E-state index contributed by atoms with van der Waals surface area (Å²) in [7, 11) is -2.21. The van der Waals surface area contributed by atoms with Gasteiger partial charge in [0.1, 0.15) is 0 Å². The first-order valence-corrected chi connectivity index (χ1v) is 13.6. The third-order valence-corrected chi connectivity index (χ3v) is 8.42. The van der Waals surface area contributed by atoms with Crippen molar-refractivity contribution in [2.24, 2.45) is 0 Å². The van der Waals surface area contributed by atoms with Crippen LogP contribution in [0, 0.1) is 0 Å². The van der Waals surface area contributed by atoms with Crippen molar-refractivity contribution < 1.29 is 4.43 Å². The van der Waals surface area contributed by atoms with E-state index in [2.05, 4.69) is 88.2 Å². The van der Waals surface area contributed by atoms with Crippen molar-refractivity contribution in [3.63, 3.8) is 0 Å². The van der Waals surface area contributed by atoms with Gasteiger partial charge in [0, 0.05) is 6.61 Å². The fraction of sp³-hybridized carbons (Fsp3) is 0.300. The molecule has 2 rings (SSSR count). The van der Waals surface area contributed by atoms with Gasteiger partial charge in [-0.3, -0.25) is 0 Å². The second kappa shape index (κ2) is 7.43. The van der Waals surface area contributed by atoms with Crippen LogP contribution in [-0.2, 0) is 4.43 Å². The fourth-order valence-corrected chi connectivity index (χ4v) is 5.42. The summed E-state index contributed by atoms with van der Waals surface area (Å²) in [5.41, 5.74) is 3.47. The zero-order valence-corrected chi connectivity index (χ0v) is 16.9. The highest BCUT2D eigenvalue weighted by Gasteiger charge is 2.24. The van der Waals surface area contributed by atoms with E-state index in [1.54, 1.807) is 0 Å². The largest absolute Gasteiger partial charge is 0.413 e. The quantitative estimate of drug-likeness (QED) is 0.718. The van der Waals surface area contributed by atoms with E-state index in [4.69, 9.17) is 4.43 Å². The van der Waals surface area contributed by atoms with Crippen molar-refractivity contribution in [1.29, 1.82) is 0 Å². The summed E-state index contributed by atoms with van der Waals surface area (Å²) in [6.45, 7) is 16.3. The molecule has 0 bridgehead atoms. The van der Waals surface area contributed by atoms with Gasteiger partial charge in [0.2, 0.25) is 8.32 Å². The summed E-state index contributed by atoms with van der Waals surface area (Å²) in [5.74, 6) is 0. The Morgan fingerprint density at radius 1 is 1.04 bits per heavy atom. The molecule has 0 aliphatic carbocycles. The van der Waals surface area contributed by atoms with Crippen molar-refractivity contribution in [2.45, 2.75) is 33.1 Å². The Morgan fingerprint density at radius 2 is 1.70 bits per heavy atom. The molecule has 0 unspecified atom stereocenters. The van der Waals surface area contributed by atoms with E-state index in [0.717, 1.165) is 12.2 Å². The maximum absolute atomic E-state index is 6.01. The second-order valence-corrected chi connectivity index (χ2v) is 13.0. The number of rotatable bonds is 6. The van der Waals surface area contributed by atoms with Crippen LogP contribution in [0.4, 0.5) is 0 Å². The maximum atomic E-state index is 6.01. The fourth-order valence-electron chi connectivity index (χ4n) is 2.70. The first-order valence-electron chi connectivity index (χ1n) is 8.20. The van der Waals surface area contributed by atoms with Crippen molar-refractivity contribution in [1.82, 2.24) is 0 Å². The van der Waals surface area contributed by atoms with Crippen molar-refractivity contribution in [2.75, 3.05) is 6.61 Å². The van der Waals surface area contributed by atoms with Gasteiger partial charge in [0.15, 0.2) is 0 Å². The van der Waals surface area contributed by atoms with Gasteiger partial charge in [-0.15, -0.1) is 0 Å². The summed E-state index contributed by atoms with van der Waals surface area (Å²) < 4.78 is 6.01. The smallest absolute Gasteiger partial charge is 0.218 e. The topological polar surface area (TPSA) is 9.23 Å². The molecular weight excluding hydrogens is 312 g/mol. The Labute approximate surface area is 143 Å². The zero-order valence-electron chi connectivity index (χ0n) is 14.9. The molecule has 0 aromatic heterocycles. The van der Waals surface area contributed by atoms with Crippen LogP contribution >= 0.6 is 0 Å². The van der Waals surface area contributed by atoms with E-state index in [9.17, 15) is 0 Å². The second-order valence-electron chi connectivity index (χ2n) is 6.58. The SMILES string of the molecule is C=C(c1ccc([Si](C)C)cc1)c1cccc([Si](C)(C)OCC)c1. The van der Waals surface area contributed by atoms with Gasteiger partial charge in [0.25, 0.3) is 0 Å². The average molecular weight is 340 g/mol. The summed E-state index contributed by atoms with van der Waals surface area (Å²) in [6, 6.07) is 17.6. The molecule has 121 valence electrons. The van der Waals surface area contributed by atoms with Crippen LogP contribution in [0.1, 0.15) is 18.1 Å². The lowest BCUT2D eigenvalue weighted by Gasteiger charge is -2.23. The first kappa shape index (κ1) is 17.9. The lowest BCUT2D eigenvalue weighted by molar-refractivity contribution is 0.339. The van der Waals surface area contributed by atoms with E-state index in [-0.39, 0.29) is 0 Å². The molecule has 0 heterocycles. The normalized spacial score (nSPS) is 11.7. The number of hydrogen-bond acceptors (Lipinski definition) is 1. The molecule has 0 aliphatic rings. The van der Waals surface area contributed by atoms with Gasteiger partial charge in [-0.05, 0) is 41.9 Å². The molecule has 0 fully saturated rings. The molecule has 0 atom stereocenters. The summed E-state index contributed by atoms with van der Waals surface area (Å²) in [5, 5.41) is 2.78. The van der Waals surface area contributed by atoms with Crippen LogP contribution in [0.5, 0.6) is 0 Å². The van der Waals surface area contributed by atoms with E-state index in [0.29, 0.717) is 0 Å². The minimum absolute atomic E-state index is 0.391. The third kappa shape index (κ3) is 4.31. The van der Waals surface area contributed by atoms with Crippen LogP contribution in [-0.4, -0.2) is 23.7 Å². The Kier molecular flexibility index (Phi) is 5.79. The van der Waals surface area contributed by atoms with Crippen LogP contribution in [0.2, 0.25) is 26.2 Å². The van der Waals surface area contributed by atoms with E-state index in [1.807, 2.05) is 0 Å². The molecule has 0 spiro atoms. The molecule has 23 heavy (non-hydrogen) atoms. The van der Waals surface area contributed by atoms with Crippen LogP contribution in [0.25, 0.3) is 5.57 Å². The molecule has 0 amide bonds. The summed E-state index contributed by atoms with van der Waals surface area (Å²) >= 11 is 0. The Bertz CT molecular complexity index is 672. The molecule has 2 aromatic carbocycles. The highest BCUT2D eigenvalue weighted by atomic mass is 28.4. The van der Waals surface area contributed by atoms with Crippen molar-refractivity contribution in [3.8, 4) is 0 Å². The molecule has 1 nitrogen and oxygen atoms in total. The lowest BCUT2D eigenvalue weighted by atomic mass is 10.00. The molecule has 0 N–H and O–H groups in total. The Balaban J connectivity index is 2.29. The van der Waals surface area contributed by atoms with Gasteiger partial charge >= 0.3 is 0 Å².